The number of carbonyl (C=O) groups is 1. The summed E-state index contributed by atoms with van der Waals surface area (Å²) in [6.07, 6.45) is 0.336. The highest BCUT2D eigenvalue weighted by Crippen LogP contribution is 2.20. The van der Waals surface area contributed by atoms with Crippen molar-refractivity contribution in [2.75, 3.05) is 20.1 Å². The molecule has 0 heterocycles. The van der Waals surface area contributed by atoms with Gasteiger partial charge in [0.15, 0.2) is 0 Å². The Morgan fingerprint density at radius 3 is 2.68 bits per heavy atom. The van der Waals surface area contributed by atoms with Crippen molar-refractivity contribution >= 4 is 17.5 Å². The monoisotopic (exact) mass is 279 g/mol. The van der Waals surface area contributed by atoms with E-state index in [-0.39, 0.29) is 11.9 Å². The van der Waals surface area contributed by atoms with Gasteiger partial charge in [-0.25, -0.2) is 0 Å². The molecule has 0 aliphatic carbocycles. The number of halogens is 1. The molecule has 0 aliphatic heterocycles. The summed E-state index contributed by atoms with van der Waals surface area (Å²) in [4.78, 5) is 13.6. The molecule has 102 valence electrons. The topological polar surface area (TPSA) is 56.1 Å². The molecule has 19 heavy (non-hydrogen) atoms. The van der Waals surface area contributed by atoms with Gasteiger partial charge in [0.1, 0.15) is 0 Å². The number of benzene rings is 1. The van der Waals surface area contributed by atoms with E-state index in [4.69, 9.17) is 16.9 Å². The number of amides is 1. The van der Waals surface area contributed by atoms with E-state index in [1.807, 2.05) is 49.2 Å². The van der Waals surface area contributed by atoms with Gasteiger partial charge in [-0.05, 0) is 31.7 Å². The van der Waals surface area contributed by atoms with Crippen LogP contribution in [0.2, 0.25) is 5.02 Å². The fourth-order valence-corrected chi connectivity index (χ4v) is 1.80. The van der Waals surface area contributed by atoms with E-state index in [0.29, 0.717) is 24.5 Å². The largest absolute Gasteiger partial charge is 0.354 e. The molecule has 0 bridgehead atoms. The first kappa shape index (κ1) is 15.5. The molecule has 1 aromatic carbocycles. The van der Waals surface area contributed by atoms with Crippen molar-refractivity contribution in [3.05, 3.63) is 34.9 Å². The molecule has 1 aromatic rings. The second kappa shape index (κ2) is 7.78. The minimum absolute atomic E-state index is 0.0708. The average molecular weight is 280 g/mol. The van der Waals surface area contributed by atoms with E-state index in [0.717, 1.165) is 5.56 Å². The molecule has 1 N–H and O–H groups in total. The highest BCUT2D eigenvalue weighted by molar-refractivity contribution is 6.30. The summed E-state index contributed by atoms with van der Waals surface area (Å²) in [6, 6.07) is 9.71. The highest BCUT2D eigenvalue weighted by atomic mass is 35.5. The quantitative estimate of drug-likeness (QED) is 0.814. The van der Waals surface area contributed by atoms with Gasteiger partial charge in [-0.1, -0.05) is 23.7 Å². The maximum Gasteiger partial charge on any atom is 0.234 e. The molecule has 0 radical (unpaired) electrons. The van der Waals surface area contributed by atoms with E-state index >= 15 is 0 Å². The Morgan fingerprint density at radius 2 is 2.11 bits per heavy atom. The van der Waals surface area contributed by atoms with Crippen LogP contribution in [0.5, 0.6) is 0 Å². The first-order valence-electron chi connectivity index (χ1n) is 6.14. The molecule has 0 spiro atoms. The van der Waals surface area contributed by atoms with E-state index < -0.39 is 0 Å². The first-order chi connectivity index (χ1) is 9.04. The molecular weight excluding hydrogens is 262 g/mol. The van der Waals surface area contributed by atoms with E-state index in [2.05, 4.69) is 5.32 Å². The van der Waals surface area contributed by atoms with Gasteiger partial charge in [0.25, 0.3) is 0 Å². The van der Waals surface area contributed by atoms with Crippen LogP contribution in [-0.4, -0.2) is 30.9 Å². The third kappa shape index (κ3) is 5.29. The van der Waals surface area contributed by atoms with Crippen LogP contribution in [0.15, 0.2) is 24.3 Å². The smallest absolute Gasteiger partial charge is 0.234 e. The van der Waals surface area contributed by atoms with Gasteiger partial charge in [-0.2, -0.15) is 5.26 Å². The van der Waals surface area contributed by atoms with Crippen LogP contribution in [0.4, 0.5) is 0 Å². The van der Waals surface area contributed by atoms with Crippen LogP contribution >= 0.6 is 11.6 Å². The molecule has 0 aliphatic rings. The Bertz CT molecular complexity index is 453. The zero-order valence-corrected chi connectivity index (χ0v) is 11.9. The van der Waals surface area contributed by atoms with Crippen molar-refractivity contribution in [1.29, 1.82) is 5.26 Å². The molecule has 1 amide bonds. The van der Waals surface area contributed by atoms with Crippen LogP contribution in [0, 0.1) is 11.3 Å². The summed E-state index contributed by atoms with van der Waals surface area (Å²) in [5.74, 6) is -0.0708. The van der Waals surface area contributed by atoms with Crippen LogP contribution in [0.1, 0.15) is 24.9 Å². The normalized spacial score (nSPS) is 11.9. The number of nitrogens with zero attached hydrogens (tertiary/aromatic N) is 2. The van der Waals surface area contributed by atoms with Gasteiger partial charge < -0.3 is 5.32 Å². The molecule has 0 fully saturated rings. The number of nitriles is 1. The van der Waals surface area contributed by atoms with Crippen molar-refractivity contribution in [2.24, 2.45) is 0 Å². The minimum atomic E-state index is -0.0708. The van der Waals surface area contributed by atoms with Gasteiger partial charge in [0.2, 0.25) is 5.91 Å². The molecule has 1 rings (SSSR count). The van der Waals surface area contributed by atoms with Crippen molar-refractivity contribution in [1.82, 2.24) is 10.2 Å². The Kier molecular flexibility index (Phi) is 6.34. The fourth-order valence-electron chi connectivity index (χ4n) is 1.67. The molecule has 5 heteroatoms. The molecular formula is C14H18ClN3O. The highest BCUT2D eigenvalue weighted by Gasteiger charge is 2.14. The fraction of sp³-hybridized carbons (Fsp3) is 0.429. The summed E-state index contributed by atoms with van der Waals surface area (Å²) in [5.41, 5.74) is 1.11. The van der Waals surface area contributed by atoms with Gasteiger partial charge >= 0.3 is 0 Å². The lowest BCUT2D eigenvalue weighted by Gasteiger charge is -2.24. The zero-order chi connectivity index (χ0) is 14.3. The van der Waals surface area contributed by atoms with Crippen molar-refractivity contribution < 1.29 is 4.79 Å². The Hall–Kier alpha value is -1.57. The lowest BCUT2D eigenvalue weighted by Crippen LogP contribution is -2.36. The number of likely N-dealkylation sites (N-methyl/N-ethyl adjacent to an activating group) is 1. The van der Waals surface area contributed by atoms with Gasteiger partial charge in [-0.15, -0.1) is 0 Å². The van der Waals surface area contributed by atoms with Crippen molar-refractivity contribution in [2.45, 2.75) is 19.4 Å². The second-order valence-corrected chi connectivity index (χ2v) is 4.84. The van der Waals surface area contributed by atoms with Crippen molar-refractivity contribution in [3.8, 4) is 6.07 Å². The van der Waals surface area contributed by atoms with Gasteiger partial charge in [0.05, 0.1) is 19.0 Å². The number of hydrogen-bond donors (Lipinski definition) is 1. The molecule has 1 atom stereocenters. The molecule has 4 nitrogen and oxygen atoms in total. The van der Waals surface area contributed by atoms with Crippen LogP contribution in [-0.2, 0) is 4.79 Å². The summed E-state index contributed by atoms with van der Waals surface area (Å²) >= 11 is 5.85. The predicted molar refractivity (Wildman–Crippen MR) is 75.7 cm³/mol. The Morgan fingerprint density at radius 1 is 1.47 bits per heavy atom. The SMILES string of the molecule is C[C@H](c1ccc(Cl)cc1)N(C)CC(=O)NCCC#N. The second-order valence-electron chi connectivity index (χ2n) is 4.40. The third-order valence-corrected chi connectivity index (χ3v) is 3.22. The maximum atomic E-state index is 11.6. The molecule has 0 saturated heterocycles. The predicted octanol–water partition coefficient (Wildman–Crippen LogP) is 2.36. The summed E-state index contributed by atoms with van der Waals surface area (Å²) in [5, 5.41) is 11.8. The molecule has 0 saturated carbocycles. The van der Waals surface area contributed by atoms with Crippen LogP contribution < -0.4 is 5.32 Å². The number of nitrogens with one attached hydrogen (secondary N) is 1. The van der Waals surface area contributed by atoms with Crippen molar-refractivity contribution in [3.63, 3.8) is 0 Å². The Balaban J connectivity index is 2.48. The Labute approximate surface area is 119 Å². The zero-order valence-electron chi connectivity index (χ0n) is 11.2. The lowest BCUT2D eigenvalue weighted by molar-refractivity contribution is -0.122. The molecule has 0 unspecified atom stereocenters. The average Bonchev–Trinajstić information content (AvgIpc) is 2.39. The maximum absolute atomic E-state index is 11.6. The summed E-state index contributed by atoms with van der Waals surface area (Å²) in [6.45, 7) is 2.74. The summed E-state index contributed by atoms with van der Waals surface area (Å²) < 4.78 is 0. The third-order valence-electron chi connectivity index (χ3n) is 2.97. The molecule has 0 aromatic heterocycles. The number of hydrogen-bond acceptors (Lipinski definition) is 3. The van der Waals surface area contributed by atoms with Gasteiger partial charge in [-0.3, -0.25) is 9.69 Å². The van der Waals surface area contributed by atoms with Gasteiger partial charge in [0, 0.05) is 17.6 Å². The van der Waals surface area contributed by atoms with Crippen LogP contribution in [0.3, 0.4) is 0 Å². The number of carbonyl (C=O) groups excluding carboxylic acids is 1. The van der Waals surface area contributed by atoms with E-state index in [1.54, 1.807) is 0 Å². The minimum Gasteiger partial charge on any atom is -0.354 e. The van der Waals surface area contributed by atoms with Crippen LogP contribution in [0.25, 0.3) is 0 Å². The summed E-state index contributed by atoms with van der Waals surface area (Å²) in [7, 11) is 1.89. The van der Waals surface area contributed by atoms with E-state index in [1.165, 1.54) is 0 Å². The lowest BCUT2D eigenvalue weighted by atomic mass is 10.1. The standard InChI is InChI=1S/C14H18ClN3O/c1-11(12-4-6-13(15)7-5-12)18(2)10-14(19)17-9-3-8-16/h4-7,11H,3,9-10H2,1-2H3,(H,17,19)/t11-/m1/s1. The number of rotatable bonds is 6. The van der Waals surface area contributed by atoms with E-state index in [9.17, 15) is 4.79 Å². The first-order valence-corrected chi connectivity index (χ1v) is 6.51.